The highest BCUT2D eigenvalue weighted by atomic mass is 35.5. The number of alkyl halides is 1. The van der Waals surface area contributed by atoms with Crippen molar-refractivity contribution >= 4 is 17.5 Å². The molecule has 0 aromatic rings. The van der Waals surface area contributed by atoms with E-state index in [1.54, 1.807) is 14.0 Å². The zero-order chi connectivity index (χ0) is 10.8. The van der Waals surface area contributed by atoms with Crippen LogP contribution in [0.2, 0.25) is 0 Å². The topological polar surface area (TPSA) is 47.6 Å². The molecule has 0 radical (unpaired) electrons. The Hall–Kier alpha value is -0.320. The molecule has 0 aromatic carbocycles. The standard InChI is InChI=1S/C9H18ClNO3/c1-8(10)9(12)11-4-3-5-14-7-6-13-2/h8H,3-7H2,1-2H3,(H,11,12). The Kier molecular flexibility index (Phi) is 9.03. The van der Waals surface area contributed by atoms with Gasteiger partial charge in [0.25, 0.3) is 0 Å². The molecule has 0 saturated heterocycles. The molecule has 84 valence electrons. The quantitative estimate of drug-likeness (QED) is 0.489. The van der Waals surface area contributed by atoms with Gasteiger partial charge >= 0.3 is 0 Å². The second kappa shape index (κ2) is 9.24. The largest absolute Gasteiger partial charge is 0.382 e. The summed E-state index contributed by atoms with van der Waals surface area (Å²) >= 11 is 5.55. The van der Waals surface area contributed by atoms with Crippen molar-refractivity contribution in [1.82, 2.24) is 5.32 Å². The number of hydrogen-bond donors (Lipinski definition) is 1. The Labute approximate surface area is 89.9 Å². The number of rotatable bonds is 8. The van der Waals surface area contributed by atoms with Gasteiger partial charge in [-0.05, 0) is 13.3 Å². The van der Waals surface area contributed by atoms with Crippen LogP contribution in [-0.2, 0) is 14.3 Å². The van der Waals surface area contributed by atoms with Gasteiger partial charge in [0, 0.05) is 20.3 Å². The van der Waals surface area contributed by atoms with Crippen molar-refractivity contribution in [3.63, 3.8) is 0 Å². The van der Waals surface area contributed by atoms with Gasteiger partial charge in [0.05, 0.1) is 13.2 Å². The molecule has 0 fully saturated rings. The van der Waals surface area contributed by atoms with E-state index >= 15 is 0 Å². The lowest BCUT2D eigenvalue weighted by Gasteiger charge is -2.06. The molecule has 5 heteroatoms. The fraction of sp³-hybridized carbons (Fsp3) is 0.889. The second-order valence-corrected chi connectivity index (χ2v) is 3.52. The summed E-state index contributed by atoms with van der Waals surface area (Å²) in [5.41, 5.74) is 0. The minimum absolute atomic E-state index is 0.136. The van der Waals surface area contributed by atoms with E-state index in [2.05, 4.69) is 5.32 Å². The summed E-state index contributed by atoms with van der Waals surface area (Å²) in [6.45, 7) is 4.07. The van der Waals surface area contributed by atoms with Gasteiger partial charge in [0.1, 0.15) is 5.38 Å². The molecule has 0 spiro atoms. The Morgan fingerprint density at radius 2 is 2.14 bits per heavy atom. The van der Waals surface area contributed by atoms with Crippen molar-refractivity contribution in [2.75, 3.05) is 33.5 Å². The first kappa shape index (κ1) is 13.7. The van der Waals surface area contributed by atoms with Crippen molar-refractivity contribution in [2.45, 2.75) is 18.7 Å². The van der Waals surface area contributed by atoms with Gasteiger partial charge < -0.3 is 14.8 Å². The number of methoxy groups -OCH3 is 1. The van der Waals surface area contributed by atoms with Crippen LogP contribution >= 0.6 is 11.6 Å². The van der Waals surface area contributed by atoms with Gasteiger partial charge in [-0.1, -0.05) is 0 Å². The smallest absolute Gasteiger partial charge is 0.237 e. The summed E-state index contributed by atoms with van der Waals surface area (Å²) in [6, 6.07) is 0. The number of ether oxygens (including phenoxy) is 2. The lowest BCUT2D eigenvalue weighted by molar-refractivity contribution is -0.120. The molecule has 0 heterocycles. The molecule has 0 saturated carbocycles. The average molecular weight is 224 g/mol. The summed E-state index contributed by atoms with van der Waals surface area (Å²) in [5, 5.41) is 2.22. The molecular weight excluding hydrogens is 206 g/mol. The molecule has 1 atom stereocenters. The molecule has 1 amide bonds. The van der Waals surface area contributed by atoms with Gasteiger partial charge in [-0.15, -0.1) is 11.6 Å². The molecule has 0 aromatic heterocycles. The fourth-order valence-electron chi connectivity index (χ4n) is 0.771. The molecule has 4 nitrogen and oxygen atoms in total. The number of amides is 1. The number of halogens is 1. The number of nitrogens with one attached hydrogen (secondary N) is 1. The molecule has 1 unspecified atom stereocenters. The highest BCUT2D eigenvalue weighted by molar-refractivity contribution is 6.30. The Morgan fingerprint density at radius 3 is 2.71 bits per heavy atom. The van der Waals surface area contributed by atoms with Crippen molar-refractivity contribution in [2.24, 2.45) is 0 Å². The van der Waals surface area contributed by atoms with Crippen LogP contribution in [0.15, 0.2) is 0 Å². The lowest BCUT2D eigenvalue weighted by Crippen LogP contribution is -2.30. The van der Waals surface area contributed by atoms with Gasteiger partial charge in [-0.3, -0.25) is 4.79 Å². The van der Waals surface area contributed by atoms with Gasteiger partial charge in [-0.25, -0.2) is 0 Å². The van der Waals surface area contributed by atoms with Gasteiger partial charge in [0.15, 0.2) is 0 Å². The van der Waals surface area contributed by atoms with Crippen LogP contribution < -0.4 is 5.32 Å². The minimum atomic E-state index is -0.468. The maximum atomic E-state index is 11.0. The van der Waals surface area contributed by atoms with Crippen molar-refractivity contribution in [3.05, 3.63) is 0 Å². The predicted molar refractivity (Wildman–Crippen MR) is 55.6 cm³/mol. The first-order valence-electron chi connectivity index (χ1n) is 4.67. The molecule has 0 aliphatic rings. The Bertz CT molecular complexity index is 153. The highest BCUT2D eigenvalue weighted by Crippen LogP contribution is 1.92. The summed E-state index contributed by atoms with van der Waals surface area (Å²) in [4.78, 5) is 11.0. The van der Waals surface area contributed by atoms with Crippen molar-refractivity contribution in [3.8, 4) is 0 Å². The van der Waals surface area contributed by atoms with E-state index in [1.807, 2.05) is 0 Å². The van der Waals surface area contributed by atoms with Crippen molar-refractivity contribution < 1.29 is 14.3 Å². The zero-order valence-electron chi connectivity index (χ0n) is 8.72. The fourth-order valence-corrected chi connectivity index (χ4v) is 0.848. The Balaban J connectivity index is 3.10. The molecule has 1 N–H and O–H groups in total. The summed E-state index contributed by atoms with van der Waals surface area (Å²) in [7, 11) is 1.63. The predicted octanol–water partition coefficient (Wildman–Crippen LogP) is 0.783. The van der Waals surface area contributed by atoms with Crippen molar-refractivity contribution in [1.29, 1.82) is 0 Å². The summed E-state index contributed by atoms with van der Waals surface area (Å²) < 4.78 is 10.0. The van der Waals surface area contributed by atoms with E-state index in [1.165, 1.54) is 0 Å². The number of carbonyl (C=O) groups excluding carboxylic acids is 1. The monoisotopic (exact) mass is 223 g/mol. The van der Waals surface area contributed by atoms with Crippen LogP contribution in [0.25, 0.3) is 0 Å². The van der Waals surface area contributed by atoms with E-state index in [0.717, 1.165) is 6.42 Å². The first-order chi connectivity index (χ1) is 6.68. The van der Waals surface area contributed by atoms with Gasteiger partial charge in [-0.2, -0.15) is 0 Å². The van der Waals surface area contributed by atoms with E-state index in [0.29, 0.717) is 26.4 Å². The summed E-state index contributed by atoms with van der Waals surface area (Å²) in [6.07, 6.45) is 0.791. The maximum absolute atomic E-state index is 11.0. The van der Waals surface area contributed by atoms with Crippen LogP contribution in [0, 0.1) is 0 Å². The summed E-state index contributed by atoms with van der Waals surface area (Å²) in [5.74, 6) is -0.136. The van der Waals surface area contributed by atoms with E-state index in [9.17, 15) is 4.79 Å². The zero-order valence-corrected chi connectivity index (χ0v) is 9.47. The average Bonchev–Trinajstić information content (AvgIpc) is 2.16. The molecular formula is C9H18ClNO3. The second-order valence-electron chi connectivity index (χ2n) is 2.87. The molecule has 0 bridgehead atoms. The Morgan fingerprint density at radius 1 is 1.43 bits per heavy atom. The molecule has 14 heavy (non-hydrogen) atoms. The minimum Gasteiger partial charge on any atom is -0.382 e. The van der Waals surface area contributed by atoms with Crippen LogP contribution in [0.3, 0.4) is 0 Å². The van der Waals surface area contributed by atoms with Crippen LogP contribution in [-0.4, -0.2) is 44.8 Å². The first-order valence-corrected chi connectivity index (χ1v) is 5.10. The third-order valence-electron chi connectivity index (χ3n) is 1.56. The SMILES string of the molecule is COCCOCCCNC(=O)C(C)Cl. The third kappa shape index (κ3) is 8.29. The maximum Gasteiger partial charge on any atom is 0.237 e. The highest BCUT2D eigenvalue weighted by Gasteiger charge is 2.06. The normalized spacial score (nSPS) is 12.5. The third-order valence-corrected chi connectivity index (χ3v) is 1.76. The van der Waals surface area contributed by atoms with Crippen LogP contribution in [0.5, 0.6) is 0 Å². The lowest BCUT2D eigenvalue weighted by atomic mass is 10.4. The van der Waals surface area contributed by atoms with E-state index < -0.39 is 5.38 Å². The van der Waals surface area contributed by atoms with Crippen LogP contribution in [0.4, 0.5) is 0 Å². The molecule has 0 rings (SSSR count). The molecule has 0 aliphatic carbocycles. The number of hydrogen-bond acceptors (Lipinski definition) is 3. The van der Waals surface area contributed by atoms with E-state index in [4.69, 9.17) is 21.1 Å². The van der Waals surface area contributed by atoms with Crippen LogP contribution in [0.1, 0.15) is 13.3 Å². The molecule has 0 aliphatic heterocycles. The van der Waals surface area contributed by atoms with E-state index in [-0.39, 0.29) is 5.91 Å². The van der Waals surface area contributed by atoms with Gasteiger partial charge in [0.2, 0.25) is 5.91 Å². The number of carbonyl (C=O) groups is 1.